The molecule has 0 saturated carbocycles. The number of aliphatic hydroxyl groups is 1. The molecule has 8 nitrogen and oxygen atoms in total. The van der Waals surface area contributed by atoms with E-state index in [1.54, 1.807) is 29.8 Å². The van der Waals surface area contributed by atoms with Gasteiger partial charge in [-0.15, -0.1) is 0 Å². The van der Waals surface area contributed by atoms with Crippen molar-refractivity contribution in [1.82, 2.24) is 9.80 Å². The summed E-state index contributed by atoms with van der Waals surface area (Å²) in [6.07, 6.45) is 7.91. The maximum absolute atomic E-state index is 14.4. The van der Waals surface area contributed by atoms with E-state index in [1.165, 1.54) is 4.90 Å². The summed E-state index contributed by atoms with van der Waals surface area (Å²) < 4.78 is 6.86. The summed E-state index contributed by atoms with van der Waals surface area (Å²) in [5.41, 5.74) is -0.980. The molecule has 1 unspecified atom stereocenters. The van der Waals surface area contributed by atoms with Crippen LogP contribution in [-0.2, 0) is 19.1 Å². The number of fused-ring (bicyclic) bond motifs is 2. The Morgan fingerprint density at radius 2 is 1.83 bits per heavy atom. The second kappa shape index (κ2) is 8.71. The van der Waals surface area contributed by atoms with Gasteiger partial charge in [-0.25, -0.2) is 0 Å². The maximum atomic E-state index is 14.4. The minimum Gasteiger partial charge on any atom is -0.394 e. The van der Waals surface area contributed by atoms with Crippen molar-refractivity contribution >= 4 is 35.0 Å². The Balaban J connectivity index is 1.72. The molecular weight excluding hydrogens is 482 g/mol. The van der Waals surface area contributed by atoms with Crippen LogP contribution < -0.4 is 4.90 Å². The van der Waals surface area contributed by atoms with Gasteiger partial charge in [0.25, 0.3) is 5.91 Å². The predicted molar refractivity (Wildman–Crippen MR) is 135 cm³/mol. The molecule has 0 bridgehead atoms. The van der Waals surface area contributed by atoms with Crippen LogP contribution in [0.5, 0.6) is 0 Å². The smallest absolute Gasteiger partial charge is 0.253 e. The van der Waals surface area contributed by atoms with Crippen molar-refractivity contribution in [3.63, 3.8) is 0 Å². The Morgan fingerprint density at radius 1 is 1.11 bits per heavy atom. The second-order valence-electron chi connectivity index (χ2n) is 10.3. The molecule has 0 aliphatic carbocycles. The molecule has 1 aromatic carbocycles. The lowest BCUT2D eigenvalue weighted by atomic mass is 9.73. The van der Waals surface area contributed by atoms with Gasteiger partial charge in [0, 0.05) is 20.1 Å². The Bertz CT molecular complexity index is 1160. The molecule has 1 N–H and O–H groups in total. The fraction of sp³-hybridized carbons (Fsp3) is 0.519. The molecule has 9 heteroatoms. The third kappa shape index (κ3) is 3.24. The highest BCUT2D eigenvalue weighted by molar-refractivity contribution is 6.34. The molecule has 2 fully saturated rings. The van der Waals surface area contributed by atoms with E-state index >= 15 is 0 Å². The Hall–Kier alpha value is -2.68. The summed E-state index contributed by atoms with van der Waals surface area (Å²) in [5, 5.41) is 10.5. The van der Waals surface area contributed by atoms with Crippen molar-refractivity contribution in [1.29, 1.82) is 0 Å². The van der Waals surface area contributed by atoms with Crippen molar-refractivity contribution in [3.8, 4) is 0 Å². The number of nitrogens with zero attached hydrogens (tertiary/aromatic N) is 3. The predicted octanol–water partition coefficient (Wildman–Crippen LogP) is 2.32. The number of hydrogen-bond donors (Lipinski definition) is 1. The minimum atomic E-state index is -1.36. The van der Waals surface area contributed by atoms with Gasteiger partial charge < -0.3 is 24.5 Å². The first-order valence-corrected chi connectivity index (χ1v) is 12.8. The van der Waals surface area contributed by atoms with Crippen LogP contribution in [0.1, 0.15) is 25.8 Å². The average Bonchev–Trinajstić information content (AvgIpc) is 3.16. The third-order valence-electron chi connectivity index (χ3n) is 8.28. The molecule has 5 rings (SSSR count). The summed E-state index contributed by atoms with van der Waals surface area (Å²) in [5.74, 6) is -2.57. The van der Waals surface area contributed by atoms with Crippen molar-refractivity contribution < 1.29 is 24.2 Å². The number of likely N-dealkylation sites (tertiary alicyclic amines) is 1. The van der Waals surface area contributed by atoms with E-state index in [0.717, 1.165) is 5.56 Å². The van der Waals surface area contributed by atoms with Crippen LogP contribution in [0.4, 0.5) is 5.69 Å². The zero-order valence-corrected chi connectivity index (χ0v) is 21.7. The summed E-state index contributed by atoms with van der Waals surface area (Å²) in [6.45, 7) is 5.84. The lowest BCUT2D eigenvalue weighted by Gasteiger charge is -2.40. The quantitative estimate of drug-likeness (QED) is 0.624. The molecule has 3 amide bonds. The van der Waals surface area contributed by atoms with Gasteiger partial charge in [0.2, 0.25) is 11.8 Å². The molecule has 1 spiro atoms. The minimum absolute atomic E-state index is 0.182. The van der Waals surface area contributed by atoms with Crippen LogP contribution >= 0.6 is 11.6 Å². The molecule has 0 radical (unpaired) electrons. The van der Waals surface area contributed by atoms with Crippen LogP contribution in [0.2, 0.25) is 5.02 Å². The SMILES string of the molecule is CC[C@]12C=CCN(C)C(=O)[C@H]1[C@H]1C(=O)N([C@H](C)CO)C3C(=O)N(c4c(C)cccc4Cl)CC=C[C@@]31O2. The normalized spacial score (nSPS) is 34.4. The number of hydrogen-bond acceptors (Lipinski definition) is 5. The fourth-order valence-electron chi connectivity index (χ4n) is 6.55. The first-order valence-electron chi connectivity index (χ1n) is 12.4. The number of carbonyl (C=O) groups excluding carboxylic acids is 3. The van der Waals surface area contributed by atoms with Crippen LogP contribution in [0.15, 0.2) is 42.5 Å². The molecule has 4 aliphatic rings. The number of aliphatic hydroxyl groups excluding tert-OH is 1. The van der Waals surface area contributed by atoms with Gasteiger partial charge in [0.05, 0.1) is 40.8 Å². The van der Waals surface area contributed by atoms with Crippen molar-refractivity contribution in [2.75, 3.05) is 31.6 Å². The summed E-state index contributed by atoms with van der Waals surface area (Å²) in [7, 11) is 1.71. The van der Waals surface area contributed by atoms with Gasteiger partial charge in [-0.2, -0.15) is 0 Å². The zero-order chi connectivity index (χ0) is 26.0. The van der Waals surface area contributed by atoms with Gasteiger partial charge in [-0.05, 0) is 31.9 Å². The van der Waals surface area contributed by atoms with Crippen LogP contribution in [0.3, 0.4) is 0 Å². The fourth-order valence-corrected chi connectivity index (χ4v) is 6.87. The van der Waals surface area contributed by atoms with Gasteiger partial charge in [-0.1, -0.05) is 55.0 Å². The van der Waals surface area contributed by atoms with Gasteiger partial charge in [0.15, 0.2) is 0 Å². The molecule has 192 valence electrons. The Morgan fingerprint density at radius 3 is 2.50 bits per heavy atom. The van der Waals surface area contributed by atoms with E-state index in [-0.39, 0.29) is 30.9 Å². The highest BCUT2D eigenvalue weighted by atomic mass is 35.5. The monoisotopic (exact) mass is 513 g/mol. The highest BCUT2D eigenvalue weighted by Gasteiger charge is 2.75. The largest absolute Gasteiger partial charge is 0.394 e. The summed E-state index contributed by atoms with van der Waals surface area (Å²) in [6, 6.07) is 3.72. The summed E-state index contributed by atoms with van der Waals surface area (Å²) in [4.78, 5) is 46.9. The van der Waals surface area contributed by atoms with Gasteiger partial charge in [-0.3, -0.25) is 14.4 Å². The Kier molecular flexibility index (Phi) is 6.05. The van der Waals surface area contributed by atoms with E-state index in [4.69, 9.17) is 16.3 Å². The highest BCUT2D eigenvalue weighted by Crippen LogP contribution is 2.59. The molecule has 36 heavy (non-hydrogen) atoms. The van der Waals surface area contributed by atoms with Crippen LogP contribution in [0.25, 0.3) is 0 Å². The Labute approximate surface area is 216 Å². The topological polar surface area (TPSA) is 90.4 Å². The van der Waals surface area contributed by atoms with Crippen LogP contribution in [-0.4, -0.2) is 82.7 Å². The maximum Gasteiger partial charge on any atom is 0.253 e. The lowest BCUT2D eigenvalue weighted by Crippen LogP contribution is -2.58. The van der Waals surface area contributed by atoms with Crippen molar-refractivity contribution in [3.05, 3.63) is 53.1 Å². The third-order valence-corrected chi connectivity index (χ3v) is 8.58. The van der Waals surface area contributed by atoms with E-state index in [1.807, 2.05) is 50.3 Å². The van der Waals surface area contributed by atoms with E-state index < -0.39 is 35.1 Å². The number of rotatable bonds is 4. The van der Waals surface area contributed by atoms with Crippen molar-refractivity contribution in [2.24, 2.45) is 11.8 Å². The van der Waals surface area contributed by atoms with Gasteiger partial charge >= 0.3 is 0 Å². The molecule has 4 aliphatic heterocycles. The number of amides is 3. The van der Waals surface area contributed by atoms with E-state index in [0.29, 0.717) is 23.7 Å². The number of para-hydroxylation sites is 1. The molecule has 6 atom stereocenters. The molecule has 4 heterocycles. The number of halogens is 1. The number of benzene rings is 1. The molecular formula is C27H32ClN3O5. The second-order valence-corrected chi connectivity index (χ2v) is 10.7. The number of carbonyl (C=O) groups is 3. The average molecular weight is 514 g/mol. The standard InChI is InChI=1S/C27H32ClN3O5/c1-5-26-11-7-13-29(4)23(33)19(26)20-24(34)31(17(3)15-32)22-25(35)30(14-8-12-27(20,22)36-26)21-16(2)9-6-10-18(21)28/h6-12,17,19-20,22,32H,5,13-15H2,1-4H3/t17-,19-,20+,22?,26+,27+/m1/s1. The van der Waals surface area contributed by atoms with E-state index in [2.05, 4.69) is 0 Å². The van der Waals surface area contributed by atoms with Crippen molar-refractivity contribution in [2.45, 2.75) is 50.5 Å². The number of likely N-dealkylation sites (N-methyl/N-ethyl adjacent to an activating group) is 1. The van der Waals surface area contributed by atoms with Gasteiger partial charge in [0.1, 0.15) is 11.6 Å². The molecule has 0 aromatic heterocycles. The lowest BCUT2D eigenvalue weighted by molar-refractivity contribution is -0.151. The number of aryl methyl sites for hydroxylation is 1. The first-order chi connectivity index (χ1) is 17.1. The summed E-state index contributed by atoms with van der Waals surface area (Å²) >= 11 is 6.56. The molecule has 1 aromatic rings. The number of ether oxygens (including phenoxy) is 1. The molecule has 2 saturated heterocycles. The first kappa shape index (κ1) is 25.0. The number of anilines is 1. The zero-order valence-electron chi connectivity index (χ0n) is 21.0. The van der Waals surface area contributed by atoms with E-state index in [9.17, 15) is 19.5 Å². The van der Waals surface area contributed by atoms with Crippen LogP contribution in [0, 0.1) is 18.8 Å².